The summed E-state index contributed by atoms with van der Waals surface area (Å²) >= 11 is 0. The molecule has 0 fully saturated rings. The normalized spacial score (nSPS) is 21.9. The lowest BCUT2D eigenvalue weighted by molar-refractivity contribution is -0.137. The average molecular weight is 430 g/mol. The number of hydrogen-bond donors (Lipinski definition) is 1. The van der Waals surface area contributed by atoms with Gasteiger partial charge in [-0.2, -0.15) is 21.6 Å². The molecule has 2 aromatic rings. The highest BCUT2D eigenvalue weighted by Crippen LogP contribution is 2.33. The van der Waals surface area contributed by atoms with E-state index in [1.807, 2.05) is 0 Å². The van der Waals surface area contributed by atoms with Crippen LogP contribution in [0.15, 0.2) is 60.2 Å². The minimum absolute atomic E-state index is 0.0257. The van der Waals surface area contributed by atoms with Crippen molar-refractivity contribution in [2.24, 2.45) is 5.73 Å². The molecule has 2 aromatic carbocycles. The Hall–Kier alpha value is -3.01. The molecule has 1 heterocycles. The lowest BCUT2D eigenvalue weighted by Gasteiger charge is -2.10. The lowest BCUT2D eigenvalue weighted by Crippen LogP contribution is -2.16. The number of halogens is 3. The van der Waals surface area contributed by atoms with Crippen molar-refractivity contribution in [2.75, 3.05) is 0 Å². The van der Waals surface area contributed by atoms with Gasteiger partial charge in [0.2, 0.25) is 17.4 Å². The van der Waals surface area contributed by atoms with Crippen molar-refractivity contribution in [3.63, 3.8) is 0 Å². The molecule has 2 N–H and O–H groups in total. The Morgan fingerprint density at radius 1 is 1.17 bits per heavy atom. The molecule has 0 saturated carbocycles. The molecule has 1 aliphatic rings. The third kappa shape index (κ3) is 4.70. The van der Waals surface area contributed by atoms with Gasteiger partial charge in [-0.3, -0.25) is 4.79 Å². The molecule has 0 unspecified atom stereocenters. The van der Waals surface area contributed by atoms with Gasteiger partial charge >= 0.3 is 16.3 Å². The summed E-state index contributed by atoms with van der Waals surface area (Å²) in [5.74, 6) is -3.24. The molecule has 10 heteroatoms. The van der Waals surface area contributed by atoms with Crippen LogP contribution < -0.4 is 5.73 Å². The van der Waals surface area contributed by atoms with Gasteiger partial charge in [-0.1, -0.05) is 42.0 Å². The largest absolute Gasteiger partial charge is 0.460 e. The summed E-state index contributed by atoms with van der Waals surface area (Å²) in [6.45, 7) is 1.76. The number of carbonyl (C=O) groups excluding carboxylic acids is 1. The molecule has 3 rings (SSSR count). The SMILES string of the molecule is [2H]C([2H])(c1ccc(C(F)(F)F)cc1)S(=O)(=O)OC1=C(N)O[C@]([2H])(c2ccc(C)cc2)C1=O. The second kappa shape index (κ2) is 7.43. The summed E-state index contributed by atoms with van der Waals surface area (Å²) in [6, 6.07) is 8.23. The van der Waals surface area contributed by atoms with E-state index in [4.69, 9.17) is 14.6 Å². The van der Waals surface area contributed by atoms with Crippen molar-refractivity contribution in [3.05, 3.63) is 82.4 Å². The van der Waals surface area contributed by atoms with E-state index in [0.29, 0.717) is 24.3 Å². The number of carbonyl (C=O) groups is 1. The molecule has 0 saturated heterocycles. The Morgan fingerprint density at radius 2 is 1.76 bits per heavy atom. The summed E-state index contributed by atoms with van der Waals surface area (Å²) < 4.78 is 97.1. The van der Waals surface area contributed by atoms with Crippen molar-refractivity contribution in [3.8, 4) is 0 Å². The summed E-state index contributed by atoms with van der Waals surface area (Å²) in [7, 11) is -5.32. The zero-order chi connectivity index (χ0) is 24.1. The number of Topliss-reactive ketones (excluding diaryl/α,β-unsaturated/α-hetero) is 1. The van der Waals surface area contributed by atoms with Crippen LogP contribution in [0.5, 0.6) is 0 Å². The third-order valence-electron chi connectivity index (χ3n) is 3.81. The van der Waals surface area contributed by atoms with Crippen LogP contribution in [0.25, 0.3) is 0 Å². The van der Waals surface area contributed by atoms with E-state index in [1.165, 1.54) is 12.1 Å². The summed E-state index contributed by atoms with van der Waals surface area (Å²) in [5.41, 5.74) is 1.24. The number of alkyl halides is 3. The number of hydrogen-bond acceptors (Lipinski definition) is 6. The van der Waals surface area contributed by atoms with Crippen molar-refractivity contribution in [1.29, 1.82) is 0 Å². The smallest absolute Gasteiger partial charge is 0.416 e. The molecule has 29 heavy (non-hydrogen) atoms. The second-order valence-corrected chi connectivity index (χ2v) is 7.31. The van der Waals surface area contributed by atoms with Crippen molar-refractivity contribution >= 4 is 15.9 Å². The standard InChI is InChI=1S/C19H16F3NO5S/c1-11-2-6-13(7-3-11)16-15(24)17(18(23)27-16)28-29(25,26)10-12-4-8-14(9-5-12)19(20,21)22/h2-9,16H,10,23H2,1H3/t16-/m1/s1/i10D2,16D. The Morgan fingerprint density at radius 3 is 2.31 bits per heavy atom. The molecule has 0 aromatic heterocycles. The van der Waals surface area contributed by atoms with E-state index in [-0.39, 0.29) is 5.56 Å². The maximum Gasteiger partial charge on any atom is 0.416 e. The number of rotatable bonds is 5. The van der Waals surface area contributed by atoms with Gasteiger partial charge in [-0.15, -0.1) is 0 Å². The van der Waals surface area contributed by atoms with Crippen molar-refractivity contribution in [1.82, 2.24) is 0 Å². The van der Waals surface area contributed by atoms with E-state index >= 15 is 0 Å². The van der Waals surface area contributed by atoms with Gasteiger partial charge < -0.3 is 14.7 Å². The first-order chi connectivity index (χ1) is 14.6. The van der Waals surface area contributed by atoms with E-state index in [9.17, 15) is 26.4 Å². The van der Waals surface area contributed by atoms with E-state index in [2.05, 4.69) is 4.18 Å². The molecular weight excluding hydrogens is 411 g/mol. The first kappa shape index (κ1) is 16.9. The monoisotopic (exact) mass is 430 g/mol. The topological polar surface area (TPSA) is 95.7 Å². The van der Waals surface area contributed by atoms with Crippen LogP contribution >= 0.6 is 0 Å². The van der Waals surface area contributed by atoms with Crippen molar-refractivity contribution < 1.29 is 39.4 Å². The molecule has 0 amide bonds. The van der Waals surface area contributed by atoms with Gasteiger partial charge in [0.25, 0.3) is 0 Å². The van der Waals surface area contributed by atoms with Gasteiger partial charge in [0.1, 0.15) is 5.70 Å². The van der Waals surface area contributed by atoms with Crippen LogP contribution in [-0.2, 0) is 35.7 Å². The number of ketones is 1. The molecule has 6 nitrogen and oxygen atoms in total. The minimum atomic E-state index is -5.32. The third-order valence-corrected chi connectivity index (χ3v) is 4.68. The number of benzene rings is 2. The van der Waals surface area contributed by atoms with Crippen LogP contribution in [0, 0.1) is 6.92 Å². The molecule has 154 valence electrons. The first-order valence-corrected chi connectivity index (χ1v) is 9.43. The predicted molar refractivity (Wildman–Crippen MR) is 96.4 cm³/mol. The van der Waals surface area contributed by atoms with Gasteiger partial charge in [0.15, 0.2) is 6.08 Å². The molecule has 1 aliphatic heterocycles. The molecular formula is C19H16F3NO5S. The van der Waals surface area contributed by atoms with E-state index in [1.54, 1.807) is 19.1 Å². The molecule has 0 radical (unpaired) electrons. The number of aryl methyl sites for hydroxylation is 1. The van der Waals surface area contributed by atoms with Gasteiger partial charge in [-0.05, 0) is 24.6 Å². The minimum Gasteiger partial charge on any atom is -0.460 e. The zero-order valence-electron chi connectivity index (χ0n) is 17.8. The highest BCUT2D eigenvalue weighted by Gasteiger charge is 2.39. The number of nitrogens with two attached hydrogens (primary N) is 1. The molecule has 0 aliphatic carbocycles. The fraction of sp³-hybridized carbons (Fsp3) is 0.211. The zero-order valence-corrected chi connectivity index (χ0v) is 15.6. The van der Waals surface area contributed by atoms with Gasteiger partial charge in [0, 0.05) is 5.56 Å². The van der Waals surface area contributed by atoms with Crippen molar-refractivity contribution in [2.45, 2.75) is 24.9 Å². The number of ether oxygens (including phenoxy) is 1. The maximum atomic E-state index is 12.7. The lowest BCUT2D eigenvalue weighted by atomic mass is 10.0. The molecule has 0 bridgehead atoms. The van der Waals surface area contributed by atoms with Crippen LogP contribution in [0.2, 0.25) is 0 Å². The quantitative estimate of drug-likeness (QED) is 0.731. The Balaban J connectivity index is 1.90. The summed E-state index contributed by atoms with van der Waals surface area (Å²) in [5, 5.41) is 0. The Labute approximate surface area is 169 Å². The highest BCUT2D eigenvalue weighted by atomic mass is 32.2. The van der Waals surface area contributed by atoms with Gasteiger partial charge in [0.05, 0.1) is 9.68 Å². The van der Waals surface area contributed by atoms with E-state index in [0.717, 1.165) is 5.56 Å². The predicted octanol–water partition coefficient (Wildman–Crippen LogP) is 3.33. The summed E-state index contributed by atoms with van der Waals surface area (Å²) in [6.07, 6.45) is -7.16. The second-order valence-electron chi connectivity index (χ2n) is 6.03. The molecule has 1 atom stereocenters. The molecule has 0 spiro atoms. The van der Waals surface area contributed by atoms with Crippen LogP contribution in [0.4, 0.5) is 13.2 Å². The highest BCUT2D eigenvalue weighted by molar-refractivity contribution is 7.86. The van der Waals surface area contributed by atoms with E-state index < -0.39 is 56.6 Å². The van der Waals surface area contributed by atoms with Crippen LogP contribution in [0.1, 0.15) is 32.4 Å². The fourth-order valence-electron chi connectivity index (χ4n) is 2.39. The Bertz CT molecular complexity index is 1200. The first-order valence-electron chi connectivity index (χ1n) is 9.52. The Kier molecular flexibility index (Phi) is 4.33. The fourth-order valence-corrected chi connectivity index (χ4v) is 3.24. The maximum absolute atomic E-state index is 12.7. The van der Waals surface area contributed by atoms with Crippen LogP contribution in [-0.4, -0.2) is 14.2 Å². The average Bonchev–Trinajstić information content (AvgIpc) is 2.91. The van der Waals surface area contributed by atoms with Gasteiger partial charge in [-0.25, -0.2) is 0 Å². The summed E-state index contributed by atoms with van der Waals surface area (Å²) in [4.78, 5) is 12.7. The van der Waals surface area contributed by atoms with Crippen LogP contribution in [0.3, 0.4) is 0 Å².